The smallest absolute Gasteiger partial charge is 0.410 e. The summed E-state index contributed by atoms with van der Waals surface area (Å²) in [5.41, 5.74) is 0.988. The normalized spacial score (nSPS) is 19.6. The molecule has 0 spiro atoms. The van der Waals surface area contributed by atoms with Gasteiger partial charge in [0.05, 0.1) is 0 Å². The minimum absolute atomic E-state index is 0.159. The minimum atomic E-state index is -0.416. The number of carbonyl (C=O) groups excluding carboxylic acids is 1. The third-order valence-electron chi connectivity index (χ3n) is 4.33. The van der Waals surface area contributed by atoms with E-state index >= 15 is 0 Å². The number of allylic oxidation sites excluding steroid dienone is 3. The molecule has 0 aromatic rings. The molecule has 0 aromatic carbocycles. The Bertz CT molecular complexity index is 441. The van der Waals surface area contributed by atoms with Gasteiger partial charge in [0.1, 0.15) is 5.60 Å². The van der Waals surface area contributed by atoms with Gasteiger partial charge in [-0.25, -0.2) is 4.79 Å². The van der Waals surface area contributed by atoms with Crippen LogP contribution in [0.1, 0.15) is 80.1 Å². The summed E-state index contributed by atoms with van der Waals surface area (Å²) in [6.45, 7) is 13.2. The maximum absolute atomic E-state index is 12.3. The molecule has 0 N–H and O–H groups in total. The van der Waals surface area contributed by atoms with Gasteiger partial charge in [-0.1, -0.05) is 30.7 Å². The number of carbonyl (C=O) groups is 1. The molecular weight excluding hydrogens is 298 g/mol. The first kappa shape index (κ1) is 20.8. The highest BCUT2D eigenvalue weighted by Crippen LogP contribution is 2.23. The van der Waals surface area contributed by atoms with Crippen LogP contribution in [0.5, 0.6) is 0 Å². The Hall–Kier alpha value is -1.25. The van der Waals surface area contributed by atoms with Crippen LogP contribution >= 0.6 is 0 Å². The van der Waals surface area contributed by atoms with Gasteiger partial charge >= 0.3 is 6.09 Å². The second-order valence-electron chi connectivity index (χ2n) is 8.38. The topological polar surface area (TPSA) is 29.5 Å². The van der Waals surface area contributed by atoms with E-state index in [1.165, 1.54) is 18.4 Å². The van der Waals surface area contributed by atoms with Crippen molar-refractivity contribution < 1.29 is 9.53 Å². The second kappa shape index (κ2) is 9.90. The second-order valence-corrected chi connectivity index (χ2v) is 8.38. The van der Waals surface area contributed by atoms with Gasteiger partial charge in [-0.15, -0.1) is 0 Å². The molecule has 3 heteroatoms. The molecule has 1 fully saturated rings. The van der Waals surface area contributed by atoms with Gasteiger partial charge in [-0.2, -0.15) is 0 Å². The lowest BCUT2D eigenvalue weighted by atomic mass is 10.00. The Morgan fingerprint density at radius 3 is 2.62 bits per heavy atom. The van der Waals surface area contributed by atoms with Gasteiger partial charge in [0.15, 0.2) is 0 Å². The van der Waals surface area contributed by atoms with Crippen molar-refractivity contribution in [3.63, 3.8) is 0 Å². The summed E-state index contributed by atoms with van der Waals surface area (Å²) < 4.78 is 5.52. The average molecular weight is 336 g/mol. The van der Waals surface area contributed by atoms with Crippen molar-refractivity contribution in [2.45, 2.75) is 91.7 Å². The summed E-state index contributed by atoms with van der Waals surface area (Å²) in [6, 6.07) is 0.303. The van der Waals surface area contributed by atoms with Gasteiger partial charge < -0.3 is 9.64 Å². The Morgan fingerprint density at radius 1 is 1.29 bits per heavy atom. The van der Waals surface area contributed by atoms with Crippen LogP contribution < -0.4 is 0 Å². The fourth-order valence-electron chi connectivity index (χ4n) is 3.00. The molecule has 0 aromatic heterocycles. The van der Waals surface area contributed by atoms with E-state index < -0.39 is 5.60 Å². The Kier molecular flexibility index (Phi) is 8.58. The van der Waals surface area contributed by atoms with Crippen molar-refractivity contribution >= 4 is 6.09 Å². The molecule has 2 unspecified atom stereocenters. The highest BCUT2D eigenvalue weighted by atomic mass is 16.6. The molecule has 0 bridgehead atoms. The molecule has 3 nitrogen and oxygen atoms in total. The molecule has 138 valence electrons. The molecule has 1 rings (SSSR count). The van der Waals surface area contributed by atoms with E-state index in [1.807, 2.05) is 25.7 Å². The number of rotatable bonds is 7. The van der Waals surface area contributed by atoms with Crippen molar-refractivity contribution in [3.05, 3.63) is 23.8 Å². The molecule has 1 aliphatic heterocycles. The van der Waals surface area contributed by atoms with Crippen molar-refractivity contribution in [1.29, 1.82) is 0 Å². The first-order valence-corrected chi connectivity index (χ1v) is 9.47. The lowest BCUT2D eigenvalue weighted by molar-refractivity contribution is 0.0228. The van der Waals surface area contributed by atoms with Gasteiger partial charge in [0.2, 0.25) is 0 Å². The number of hydrogen-bond donors (Lipinski definition) is 0. The molecule has 0 saturated carbocycles. The number of hydrogen-bond acceptors (Lipinski definition) is 2. The molecule has 1 heterocycles. The largest absolute Gasteiger partial charge is 0.444 e. The Balaban J connectivity index is 2.34. The van der Waals surface area contributed by atoms with Crippen molar-refractivity contribution in [2.75, 3.05) is 6.54 Å². The van der Waals surface area contributed by atoms with E-state index in [0.717, 1.165) is 32.2 Å². The Morgan fingerprint density at radius 2 is 2.00 bits per heavy atom. The van der Waals surface area contributed by atoms with Gasteiger partial charge in [-0.05, 0) is 79.1 Å². The number of ether oxygens (including phenoxy) is 1. The van der Waals surface area contributed by atoms with Crippen LogP contribution in [-0.4, -0.2) is 29.2 Å². The van der Waals surface area contributed by atoms with Gasteiger partial charge in [0, 0.05) is 12.6 Å². The van der Waals surface area contributed by atoms with E-state index in [1.54, 1.807) is 0 Å². The van der Waals surface area contributed by atoms with E-state index in [9.17, 15) is 4.79 Å². The molecule has 24 heavy (non-hydrogen) atoms. The monoisotopic (exact) mass is 335 g/mol. The predicted octanol–water partition coefficient (Wildman–Crippen LogP) is 6.10. The third-order valence-corrected chi connectivity index (χ3v) is 4.33. The van der Waals surface area contributed by atoms with Crippen LogP contribution in [0.3, 0.4) is 0 Å². The predicted molar refractivity (Wildman–Crippen MR) is 102 cm³/mol. The number of nitrogens with zero attached hydrogens (tertiary/aromatic N) is 1. The first-order chi connectivity index (χ1) is 11.2. The van der Waals surface area contributed by atoms with E-state index in [2.05, 4.69) is 39.0 Å². The molecular formula is C21H37NO2. The molecule has 1 aliphatic rings. The van der Waals surface area contributed by atoms with E-state index in [0.29, 0.717) is 12.0 Å². The SMILES string of the molecule is CC(C)=CCCC(C)C/C=C\CC1CCCN1C(=O)OC(C)(C)C. The zero-order chi connectivity index (χ0) is 18.2. The van der Waals surface area contributed by atoms with Crippen LogP contribution in [-0.2, 0) is 4.74 Å². The molecule has 2 atom stereocenters. The standard InChI is InChI=1S/C21H37NO2/c1-17(2)11-9-13-18(3)12-7-8-14-19-15-10-16-22(19)20(23)24-21(4,5)6/h7-8,11,18-19H,9-10,12-16H2,1-6H3/b8-7-. The minimum Gasteiger partial charge on any atom is -0.444 e. The van der Waals surface area contributed by atoms with Crippen LogP contribution in [0.4, 0.5) is 4.79 Å². The van der Waals surface area contributed by atoms with Crippen LogP contribution in [0.15, 0.2) is 23.8 Å². The highest BCUT2D eigenvalue weighted by Gasteiger charge is 2.31. The van der Waals surface area contributed by atoms with Gasteiger partial charge in [-0.3, -0.25) is 0 Å². The fraction of sp³-hybridized carbons (Fsp3) is 0.762. The van der Waals surface area contributed by atoms with Gasteiger partial charge in [0.25, 0.3) is 0 Å². The highest BCUT2D eigenvalue weighted by molar-refractivity contribution is 5.69. The summed E-state index contributed by atoms with van der Waals surface area (Å²) in [5.74, 6) is 0.711. The van der Waals surface area contributed by atoms with E-state index in [-0.39, 0.29) is 6.09 Å². The van der Waals surface area contributed by atoms with Crippen molar-refractivity contribution in [1.82, 2.24) is 4.90 Å². The van der Waals surface area contributed by atoms with Crippen molar-refractivity contribution in [3.8, 4) is 0 Å². The summed E-state index contributed by atoms with van der Waals surface area (Å²) in [7, 11) is 0. The maximum Gasteiger partial charge on any atom is 0.410 e. The summed E-state index contributed by atoms with van der Waals surface area (Å²) in [6.07, 6.45) is 13.3. The summed E-state index contributed by atoms with van der Waals surface area (Å²) in [4.78, 5) is 14.2. The van der Waals surface area contributed by atoms with Crippen LogP contribution in [0.25, 0.3) is 0 Å². The van der Waals surface area contributed by atoms with Crippen molar-refractivity contribution in [2.24, 2.45) is 5.92 Å². The summed E-state index contributed by atoms with van der Waals surface area (Å²) >= 11 is 0. The fourth-order valence-corrected chi connectivity index (χ4v) is 3.00. The van der Waals surface area contributed by atoms with E-state index in [4.69, 9.17) is 4.74 Å². The van der Waals surface area contributed by atoms with Crippen LogP contribution in [0.2, 0.25) is 0 Å². The lowest BCUT2D eigenvalue weighted by Crippen LogP contribution is -2.39. The quantitative estimate of drug-likeness (QED) is 0.526. The average Bonchev–Trinajstić information content (AvgIpc) is 2.90. The molecule has 0 aliphatic carbocycles. The molecule has 1 saturated heterocycles. The first-order valence-electron chi connectivity index (χ1n) is 9.47. The Labute approximate surface area is 149 Å². The van der Waals surface area contributed by atoms with Crippen LogP contribution in [0, 0.1) is 5.92 Å². The number of likely N-dealkylation sites (tertiary alicyclic amines) is 1. The zero-order valence-corrected chi connectivity index (χ0v) is 16.6. The number of amides is 1. The summed E-state index contributed by atoms with van der Waals surface area (Å²) in [5, 5.41) is 0. The molecule has 1 amide bonds. The zero-order valence-electron chi connectivity index (χ0n) is 16.6. The lowest BCUT2D eigenvalue weighted by Gasteiger charge is -2.28. The molecule has 0 radical (unpaired) electrons. The third kappa shape index (κ3) is 8.56. The maximum atomic E-state index is 12.3.